The van der Waals surface area contributed by atoms with Crippen LogP contribution in [0.5, 0.6) is 0 Å². The lowest BCUT2D eigenvalue weighted by Crippen LogP contribution is -2.21. The van der Waals surface area contributed by atoms with Gasteiger partial charge in [-0.2, -0.15) is 5.10 Å². The number of rotatable bonds is 7. The van der Waals surface area contributed by atoms with Crippen LogP contribution in [0.3, 0.4) is 0 Å². The molecule has 1 heterocycles. The van der Waals surface area contributed by atoms with Crippen LogP contribution in [0.25, 0.3) is 0 Å². The van der Waals surface area contributed by atoms with Crippen molar-refractivity contribution >= 4 is 17.9 Å². The summed E-state index contributed by atoms with van der Waals surface area (Å²) in [6.07, 6.45) is 1.78. The van der Waals surface area contributed by atoms with E-state index in [1.807, 2.05) is 26.0 Å². The number of benzene rings is 2. The van der Waals surface area contributed by atoms with Crippen molar-refractivity contribution in [1.29, 1.82) is 0 Å². The van der Waals surface area contributed by atoms with Gasteiger partial charge in [0.2, 0.25) is 5.95 Å². The first-order valence-corrected chi connectivity index (χ1v) is 9.14. The molecule has 0 aliphatic rings. The molecule has 0 bridgehead atoms. The highest BCUT2D eigenvalue weighted by molar-refractivity contribution is 5.80. The zero-order valence-electron chi connectivity index (χ0n) is 16.1. The van der Waals surface area contributed by atoms with Crippen LogP contribution in [-0.4, -0.2) is 22.7 Å². The first kappa shape index (κ1) is 18.6. The van der Waals surface area contributed by atoms with Gasteiger partial charge in [-0.25, -0.2) is 15.4 Å². The van der Waals surface area contributed by atoms with Gasteiger partial charge in [-0.3, -0.25) is 0 Å². The molecule has 0 fully saturated rings. The van der Waals surface area contributed by atoms with Gasteiger partial charge in [0.05, 0.1) is 6.21 Å². The fourth-order valence-electron chi connectivity index (χ4n) is 2.90. The van der Waals surface area contributed by atoms with E-state index in [1.54, 1.807) is 6.21 Å². The van der Waals surface area contributed by atoms with E-state index in [-0.39, 0.29) is 0 Å². The van der Waals surface area contributed by atoms with Crippen LogP contribution < -0.4 is 10.3 Å². The summed E-state index contributed by atoms with van der Waals surface area (Å²) in [7, 11) is 0. The van der Waals surface area contributed by atoms with E-state index in [0.717, 1.165) is 30.0 Å². The van der Waals surface area contributed by atoms with Crippen molar-refractivity contribution in [2.24, 2.45) is 5.10 Å². The quantitative estimate of drug-likeness (QED) is 0.496. The van der Waals surface area contributed by atoms with E-state index < -0.39 is 0 Å². The van der Waals surface area contributed by atoms with Gasteiger partial charge in [0.25, 0.3) is 0 Å². The van der Waals surface area contributed by atoms with E-state index in [9.17, 15) is 0 Å². The standard InChI is InChI=1S/C22H25N5/c1-4-27(16-20-8-6-5-7-9-20)21-12-10-19(11-13-21)15-23-26-22-24-17(2)14-18(3)25-22/h5-15H,4,16H2,1-3H3,(H,24,25,26)/b23-15+. The minimum absolute atomic E-state index is 0.514. The topological polar surface area (TPSA) is 53.4 Å². The van der Waals surface area contributed by atoms with Crippen LogP contribution in [0, 0.1) is 13.8 Å². The molecule has 0 aliphatic carbocycles. The number of hydrogen-bond donors (Lipinski definition) is 1. The SMILES string of the molecule is CCN(Cc1ccccc1)c1ccc(/C=N/Nc2nc(C)cc(C)n2)cc1. The predicted octanol–water partition coefficient (Wildman–Crippen LogP) is 4.57. The molecule has 0 saturated heterocycles. The number of anilines is 2. The minimum atomic E-state index is 0.514. The molecule has 0 radical (unpaired) electrons. The summed E-state index contributed by atoms with van der Waals surface area (Å²) in [4.78, 5) is 11.0. The molecule has 2 aromatic carbocycles. The summed E-state index contributed by atoms with van der Waals surface area (Å²) in [5, 5.41) is 4.24. The number of nitrogens with zero attached hydrogens (tertiary/aromatic N) is 4. The fourth-order valence-corrected chi connectivity index (χ4v) is 2.90. The van der Waals surface area contributed by atoms with Crippen LogP contribution in [0.4, 0.5) is 11.6 Å². The van der Waals surface area contributed by atoms with Crippen molar-refractivity contribution < 1.29 is 0 Å². The van der Waals surface area contributed by atoms with Crippen molar-refractivity contribution in [2.45, 2.75) is 27.3 Å². The fraction of sp³-hybridized carbons (Fsp3) is 0.227. The average Bonchev–Trinajstić information content (AvgIpc) is 2.67. The highest BCUT2D eigenvalue weighted by Crippen LogP contribution is 2.17. The Kier molecular flexibility index (Phi) is 6.15. The molecule has 3 rings (SSSR count). The molecule has 138 valence electrons. The number of nitrogens with one attached hydrogen (secondary N) is 1. The highest BCUT2D eigenvalue weighted by atomic mass is 15.3. The number of aromatic nitrogens is 2. The predicted molar refractivity (Wildman–Crippen MR) is 112 cm³/mol. The maximum absolute atomic E-state index is 4.31. The Morgan fingerprint density at radius 3 is 2.26 bits per heavy atom. The van der Waals surface area contributed by atoms with E-state index >= 15 is 0 Å². The normalized spacial score (nSPS) is 10.9. The van der Waals surface area contributed by atoms with Crippen LogP contribution in [0.15, 0.2) is 65.8 Å². The Labute approximate surface area is 160 Å². The lowest BCUT2D eigenvalue weighted by Gasteiger charge is -2.23. The van der Waals surface area contributed by atoms with Crippen LogP contribution in [0.2, 0.25) is 0 Å². The van der Waals surface area contributed by atoms with E-state index in [4.69, 9.17) is 0 Å². The second kappa shape index (κ2) is 8.94. The Balaban J connectivity index is 1.63. The lowest BCUT2D eigenvalue weighted by molar-refractivity contribution is 0.832. The van der Waals surface area contributed by atoms with Gasteiger partial charge >= 0.3 is 0 Å². The first-order chi connectivity index (χ1) is 13.1. The summed E-state index contributed by atoms with van der Waals surface area (Å²) in [6, 6.07) is 20.8. The molecule has 0 saturated carbocycles. The van der Waals surface area contributed by atoms with Crippen molar-refractivity contribution in [1.82, 2.24) is 9.97 Å². The Bertz CT molecular complexity index is 868. The molecule has 5 nitrogen and oxygen atoms in total. The Morgan fingerprint density at radius 1 is 0.963 bits per heavy atom. The summed E-state index contributed by atoms with van der Waals surface area (Å²) in [6.45, 7) is 7.91. The maximum atomic E-state index is 4.31. The van der Waals surface area contributed by atoms with Crippen molar-refractivity contribution in [3.05, 3.63) is 83.2 Å². The van der Waals surface area contributed by atoms with Gasteiger partial charge in [-0.15, -0.1) is 0 Å². The Morgan fingerprint density at radius 2 is 1.63 bits per heavy atom. The third-order valence-electron chi connectivity index (χ3n) is 4.22. The van der Waals surface area contributed by atoms with Crippen LogP contribution in [0.1, 0.15) is 29.4 Å². The summed E-state index contributed by atoms with van der Waals surface area (Å²) >= 11 is 0. The van der Waals surface area contributed by atoms with Crippen molar-refractivity contribution in [3.8, 4) is 0 Å². The summed E-state index contributed by atoms with van der Waals surface area (Å²) < 4.78 is 0. The largest absolute Gasteiger partial charge is 0.367 e. The third-order valence-corrected chi connectivity index (χ3v) is 4.22. The van der Waals surface area contributed by atoms with Gasteiger partial charge in [0, 0.05) is 30.2 Å². The van der Waals surface area contributed by atoms with Crippen LogP contribution >= 0.6 is 0 Å². The van der Waals surface area contributed by atoms with Crippen molar-refractivity contribution in [2.75, 3.05) is 16.9 Å². The van der Waals surface area contributed by atoms with E-state index in [2.05, 4.69) is 80.8 Å². The molecule has 1 aromatic heterocycles. The molecule has 27 heavy (non-hydrogen) atoms. The van der Waals surface area contributed by atoms with E-state index in [1.165, 1.54) is 11.3 Å². The molecule has 0 spiro atoms. The molecule has 0 unspecified atom stereocenters. The molecule has 0 amide bonds. The zero-order chi connectivity index (χ0) is 19.1. The monoisotopic (exact) mass is 359 g/mol. The highest BCUT2D eigenvalue weighted by Gasteiger charge is 2.05. The van der Waals surface area contributed by atoms with Crippen molar-refractivity contribution in [3.63, 3.8) is 0 Å². The lowest BCUT2D eigenvalue weighted by atomic mass is 10.1. The molecular weight excluding hydrogens is 334 g/mol. The summed E-state index contributed by atoms with van der Waals surface area (Å²) in [5.74, 6) is 0.514. The average molecular weight is 359 g/mol. The van der Waals surface area contributed by atoms with Gasteiger partial charge in [-0.1, -0.05) is 42.5 Å². The minimum Gasteiger partial charge on any atom is -0.367 e. The Hall–Kier alpha value is -3.21. The molecule has 3 aromatic rings. The molecule has 0 atom stereocenters. The van der Waals surface area contributed by atoms with Gasteiger partial charge in [0.15, 0.2) is 0 Å². The number of hydrazone groups is 1. The zero-order valence-corrected chi connectivity index (χ0v) is 16.1. The molecule has 1 N–H and O–H groups in total. The second-order valence-corrected chi connectivity index (χ2v) is 6.44. The summed E-state index contributed by atoms with van der Waals surface area (Å²) in [5.41, 5.74) is 8.26. The number of aryl methyl sites for hydroxylation is 2. The van der Waals surface area contributed by atoms with Gasteiger partial charge < -0.3 is 4.90 Å². The number of hydrogen-bond acceptors (Lipinski definition) is 5. The maximum Gasteiger partial charge on any atom is 0.243 e. The first-order valence-electron chi connectivity index (χ1n) is 9.14. The smallest absolute Gasteiger partial charge is 0.243 e. The molecule has 0 aliphatic heterocycles. The third kappa shape index (κ3) is 5.38. The van der Waals surface area contributed by atoms with Gasteiger partial charge in [0.1, 0.15) is 0 Å². The van der Waals surface area contributed by atoms with Gasteiger partial charge in [-0.05, 0) is 50.1 Å². The van der Waals surface area contributed by atoms with Crippen LogP contribution in [-0.2, 0) is 6.54 Å². The molecular formula is C22H25N5. The molecule has 5 heteroatoms. The van der Waals surface area contributed by atoms with E-state index in [0.29, 0.717) is 5.95 Å². The second-order valence-electron chi connectivity index (χ2n) is 6.44.